The zero-order valence-electron chi connectivity index (χ0n) is 30.9. The summed E-state index contributed by atoms with van der Waals surface area (Å²) in [5.41, 5.74) is 16.5. The first-order valence-electron chi connectivity index (χ1n) is 19.6. The minimum absolute atomic E-state index is 0.490. The monoisotopic (exact) mass is 812 g/mol. The van der Waals surface area contributed by atoms with E-state index in [1.165, 1.54) is 103 Å². The maximum Gasteiger partial charge on any atom is 0.0750 e. The van der Waals surface area contributed by atoms with Crippen molar-refractivity contribution in [1.82, 2.24) is 0 Å². The molecule has 13 rings (SSSR count). The third-order valence-electron chi connectivity index (χ3n) is 13.1. The van der Waals surface area contributed by atoms with Crippen LogP contribution in [0.25, 0.3) is 44.2 Å². The Morgan fingerprint density at radius 2 is 0.914 bits per heavy atom. The molecular formula is C54H30Cl2S2. The Kier molecular flexibility index (Phi) is 6.95. The van der Waals surface area contributed by atoms with Gasteiger partial charge in [0, 0.05) is 40.8 Å². The molecule has 2 spiro atoms. The van der Waals surface area contributed by atoms with Gasteiger partial charge in [-0.05, 0) is 120 Å². The standard InChI is InChI=1S/C54H30Cl2S2/c55-45-18-9-17-43-50(45)35-12-2-4-14-39(35)53(43)41-15-5-8-21-48(41)58-52-36-29-32(24-23-31(36)25-28-44(52)53)33-26-27-40-37(30-33)34-11-1-3-13-38(34)54(40)42-16-6-7-20-47(42)57-49-22-10-19-46(56)51(49)54/h1-30H. The minimum Gasteiger partial charge on any atom is -0.0894 e. The predicted molar refractivity (Wildman–Crippen MR) is 242 cm³/mol. The summed E-state index contributed by atoms with van der Waals surface area (Å²) in [5.74, 6) is 0. The van der Waals surface area contributed by atoms with Crippen LogP contribution in [0.3, 0.4) is 0 Å². The second kappa shape index (κ2) is 12.0. The summed E-state index contributed by atoms with van der Waals surface area (Å²) in [6.45, 7) is 0. The second-order valence-corrected chi connectivity index (χ2v) is 18.7. The average molecular weight is 814 g/mol. The zero-order valence-corrected chi connectivity index (χ0v) is 34.0. The molecule has 4 heteroatoms. The molecule has 0 nitrogen and oxygen atoms in total. The lowest BCUT2D eigenvalue weighted by atomic mass is 9.67. The first-order chi connectivity index (χ1) is 28.6. The van der Waals surface area contributed by atoms with Crippen molar-refractivity contribution >= 4 is 57.5 Å². The van der Waals surface area contributed by atoms with Crippen LogP contribution in [0.4, 0.5) is 0 Å². The summed E-state index contributed by atoms with van der Waals surface area (Å²) in [6, 6.07) is 67.4. The van der Waals surface area contributed by atoms with Crippen LogP contribution in [-0.2, 0) is 10.8 Å². The van der Waals surface area contributed by atoms with Gasteiger partial charge < -0.3 is 0 Å². The summed E-state index contributed by atoms with van der Waals surface area (Å²) >= 11 is 18.1. The van der Waals surface area contributed by atoms with Crippen LogP contribution in [0.5, 0.6) is 0 Å². The number of fused-ring (bicyclic) bond motifs is 20. The number of benzene rings is 9. The SMILES string of the molecule is Clc1cccc2c1-c1ccccc1C21c2ccccc2Sc2c1ccc1ccc(-c3ccc4c(c3)-c3ccccc3C43c4ccccc4Sc4cccc(Cl)c43)cc21. The van der Waals surface area contributed by atoms with Crippen molar-refractivity contribution in [3.05, 3.63) is 237 Å². The Morgan fingerprint density at radius 3 is 1.74 bits per heavy atom. The molecule has 0 amide bonds. The predicted octanol–water partition coefficient (Wildman–Crippen LogP) is 15.5. The Morgan fingerprint density at radius 1 is 0.362 bits per heavy atom. The molecule has 2 heterocycles. The van der Waals surface area contributed by atoms with Gasteiger partial charge in [0.2, 0.25) is 0 Å². The van der Waals surface area contributed by atoms with E-state index in [-0.39, 0.29) is 0 Å². The van der Waals surface area contributed by atoms with Crippen molar-refractivity contribution in [3.8, 4) is 33.4 Å². The molecule has 0 saturated carbocycles. The fraction of sp³-hybridized carbons (Fsp3) is 0.0370. The van der Waals surface area contributed by atoms with Gasteiger partial charge in [-0.2, -0.15) is 0 Å². The van der Waals surface area contributed by atoms with Crippen LogP contribution in [0.1, 0.15) is 44.5 Å². The van der Waals surface area contributed by atoms with E-state index in [1.807, 2.05) is 29.6 Å². The summed E-state index contributed by atoms with van der Waals surface area (Å²) in [6.07, 6.45) is 0. The highest BCUT2D eigenvalue weighted by Crippen LogP contribution is 2.65. The van der Waals surface area contributed by atoms with Gasteiger partial charge in [-0.3, -0.25) is 0 Å². The molecule has 272 valence electrons. The van der Waals surface area contributed by atoms with Crippen LogP contribution < -0.4 is 0 Å². The third-order valence-corrected chi connectivity index (χ3v) is 16.1. The van der Waals surface area contributed by atoms with E-state index in [1.54, 1.807) is 0 Å². The summed E-state index contributed by atoms with van der Waals surface area (Å²) in [5, 5.41) is 4.09. The molecule has 58 heavy (non-hydrogen) atoms. The number of halogens is 2. The summed E-state index contributed by atoms with van der Waals surface area (Å²) in [7, 11) is 0. The van der Waals surface area contributed by atoms with Crippen LogP contribution >= 0.6 is 46.7 Å². The maximum atomic E-state index is 7.27. The fourth-order valence-electron chi connectivity index (χ4n) is 11.0. The summed E-state index contributed by atoms with van der Waals surface area (Å²) < 4.78 is 0. The largest absolute Gasteiger partial charge is 0.0894 e. The Hall–Kier alpha value is -5.48. The molecule has 2 aliphatic carbocycles. The van der Waals surface area contributed by atoms with Crippen molar-refractivity contribution in [2.24, 2.45) is 0 Å². The van der Waals surface area contributed by atoms with Crippen molar-refractivity contribution in [3.63, 3.8) is 0 Å². The second-order valence-electron chi connectivity index (χ2n) is 15.7. The van der Waals surface area contributed by atoms with Crippen molar-refractivity contribution < 1.29 is 0 Å². The van der Waals surface area contributed by atoms with Gasteiger partial charge in [0.25, 0.3) is 0 Å². The molecule has 0 fully saturated rings. The smallest absolute Gasteiger partial charge is 0.0750 e. The molecule has 0 radical (unpaired) electrons. The van der Waals surface area contributed by atoms with Gasteiger partial charge in [0.1, 0.15) is 0 Å². The van der Waals surface area contributed by atoms with E-state index in [0.717, 1.165) is 15.6 Å². The van der Waals surface area contributed by atoms with E-state index < -0.39 is 10.8 Å². The van der Waals surface area contributed by atoms with Gasteiger partial charge in [-0.15, -0.1) is 0 Å². The molecule has 2 unspecified atom stereocenters. The first-order valence-corrected chi connectivity index (χ1v) is 22.0. The average Bonchev–Trinajstić information content (AvgIpc) is 3.72. The highest BCUT2D eigenvalue weighted by atomic mass is 35.5. The quantitative estimate of drug-likeness (QED) is 0.162. The minimum atomic E-state index is -0.516. The molecule has 2 atom stereocenters. The van der Waals surface area contributed by atoms with E-state index in [2.05, 4.69) is 176 Å². The van der Waals surface area contributed by atoms with E-state index in [4.69, 9.17) is 23.2 Å². The number of hydrogen-bond acceptors (Lipinski definition) is 2. The zero-order chi connectivity index (χ0) is 38.3. The molecule has 9 aromatic carbocycles. The molecule has 0 saturated heterocycles. The molecule has 9 aromatic rings. The molecule has 0 bridgehead atoms. The van der Waals surface area contributed by atoms with Gasteiger partial charge in [-0.1, -0.05) is 186 Å². The molecular weight excluding hydrogens is 784 g/mol. The Balaban J connectivity index is 1.05. The van der Waals surface area contributed by atoms with Crippen LogP contribution in [-0.4, -0.2) is 0 Å². The molecule has 2 aliphatic heterocycles. The van der Waals surface area contributed by atoms with Crippen LogP contribution in [0, 0.1) is 0 Å². The third kappa shape index (κ3) is 4.11. The van der Waals surface area contributed by atoms with Crippen molar-refractivity contribution in [2.45, 2.75) is 30.4 Å². The molecule has 0 aromatic heterocycles. The lowest BCUT2D eigenvalue weighted by Gasteiger charge is -2.40. The van der Waals surface area contributed by atoms with Gasteiger partial charge in [-0.25, -0.2) is 0 Å². The normalized spacial score (nSPS) is 18.5. The van der Waals surface area contributed by atoms with Crippen LogP contribution in [0.15, 0.2) is 202 Å². The number of hydrogen-bond donors (Lipinski definition) is 0. The molecule has 0 N–H and O–H groups in total. The highest BCUT2D eigenvalue weighted by molar-refractivity contribution is 8.00. The highest BCUT2D eigenvalue weighted by Gasteiger charge is 2.52. The summed E-state index contributed by atoms with van der Waals surface area (Å²) in [4.78, 5) is 5.06. The maximum absolute atomic E-state index is 7.27. The van der Waals surface area contributed by atoms with Crippen molar-refractivity contribution in [1.29, 1.82) is 0 Å². The molecule has 4 aliphatic rings. The van der Waals surface area contributed by atoms with Crippen molar-refractivity contribution in [2.75, 3.05) is 0 Å². The Labute approximate surface area is 355 Å². The lowest BCUT2D eigenvalue weighted by molar-refractivity contribution is 0.723. The van der Waals surface area contributed by atoms with E-state index >= 15 is 0 Å². The lowest BCUT2D eigenvalue weighted by Crippen LogP contribution is -2.32. The first kappa shape index (κ1) is 33.5. The Bertz CT molecular complexity index is 3290. The van der Waals surface area contributed by atoms with Gasteiger partial charge >= 0.3 is 0 Å². The van der Waals surface area contributed by atoms with Gasteiger partial charge in [0.05, 0.1) is 10.8 Å². The van der Waals surface area contributed by atoms with E-state index in [9.17, 15) is 0 Å². The van der Waals surface area contributed by atoms with Gasteiger partial charge in [0.15, 0.2) is 0 Å². The fourth-order valence-corrected chi connectivity index (χ4v) is 14.1. The van der Waals surface area contributed by atoms with Crippen LogP contribution in [0.2, 0.25) is 10.0 Å². The van der Waals surface area contributed by atoms with E-state index in [0.29, 0.717) is 0 Å². The topological polar surface area (TPSA) is 0 Å². The number of rotatable bonds is 1.